The summed E-state index contributed by atoms with van der Waals surface area (Å²) in [6.45, 7) is 5.70. The number of fused-ring (bicyclic) bond motifs is 1. The molecule has 0 spiro atoms. The first-order valence-electron chi connectivity index (χ1n) is 9.36. The second-order valence-corrected chi connectivity index (χ2v) is 7.37. The predicted octanol–water partition coefficient (Wildman–Crippen LogP) is 3.67. The van der Waals surface area contributed by atoms with Crippen LogP contribution in [0.1, 0.15) is 43.2 Å². The van der Waals surface area contributed by atoms with Crippen molar-refractivity contribution < 1.29 is 4.39 Å². The molecule has 3 heterocycles. The van der Waals surface area contributed by atoms with Crippen molar-refractivity contribution in [3.63, 3.8) is 0 Å². The lowest BCUT2D eigenvalue weighted by Gasteiger charge is -2.03. The number of aromatic amines is 1. The molecule has 1 aliphatic carbocycles. The molecule has 2 aliphatic rings. The molecule has 1 saturated carbocycles. The zero-order valence-corrected chi connectivity index (χ0v) is 15.9. The van der Waals surface area contributed by atoms with Gasteiger partial charge in [-0.15, -0.1) is 0 Å². The minimum absolute atomic E-state index is 0.259. The minimum Gasteiger partial charge on any atom is -0.342 e. The number of nitrogens with zero attached hydrogens (tertiary/aromatic N) is 6. The van der Waals surface area contributed by atoms with Gasteiger partial charge in [-0.3, -0.25) is 0 Å². The molecule has 142 valence electrons. The maximum atomic E-state index is 13.4. The van der Waals surface area contributed by atoms with Crippen LogP contribution < -0.4 is 0 Å². The van der Waals surface area contributed by atoms with Crippen molar-refractivity contribution in [2.24, 2.45) is 15.9 Å². The van der Waals surface area contributed by atoms with Crippen LogP contribution in [0.4, 0.5) is 4.39 Å². The summed E-state index contributed by atoms with van der Waals surface area (Å²) in [4.78, 5) is 21.6. The predicted molar refractivity (Wildman–Crippen MR) is 105 cm³/mol. The summed E-state index contributed by atoms with van der Waals surface area (Å²) in [5, 5.41) is 4.43. The number of imidazole rings is 1. The molecule has 28 heavy (non-hydrogen) atoms. The van der Waals surface area contributed by atoms with Crippen LogP contribution in [0.5, 0.6) is 0 Å². The molecular formula is C20H20FN7. The largest absolute Gasteiger partial charge is 0.342 e. The highest BCUT2D eigenvalue weighted by Crippen LogP contribution is 2.51. The highest BCUT2D eigenvalue weighted by Gasteiger charge is 2.43. The Morgan fingerprint density at radius 3 is 2.75 bits per heavy atom. The van der Waals surface area contributed by atoms with Gasteiger partial charge in [-0.05, 0) is 45.4 Å². The Balaban J connectivity index is 1.39. The molecule has 0 bridgehead atoms. The molecule has 3 aromatic rings. The van der Waals surface area contributed by atoms with Crippen molar-refractivity contribution in [1.82, 2.24) is 24.7 Å². The van der Waals surface area contributed by atoms with Gasteiger partial charge in [0, 0.05) is 24.0 Å². The average Bonchev–Trinajstić information content (AvgIpc) is 3.27. The molecular weight excluding hydrogens is 357 g/mol. The summed E-state index contributed by atoms with van der Waals surface area (Å²) in [5.74, 6) is 4.29. The fourth-order valence-corrected chi connectivity index (χ4v) is 3.82. The fourth-order valence-electron chi connectivity index (χ4n) is 3.82. The van der Waals surface area contributed by atoms with Gasteiger partial charge in [0.05, 0.1) is 11.0 Å². The highest BCUT2D eigenvalue weighted by molar-refractivity contribution is 5.98. The monoisotopic (exact) mass is 377 g/mol. The van der Waals surface area contributed by atoms with Crippen LogP contribution in [0, 0.1) is 25.6 Å². The Morgan fingerprint density at radius 1 is 1.11 bits per heavy atom. The van der Waals surface area contributed by atoms with Crippen LogP contribution in [0.25, 0.3) is 11.0 Å². The van der Waals surface area contributed by atoms with Crippen molar-refractivity contribution in [1.29, 1.82) is 0 Å². The number of nitrogens with one attached hydrogen (secondary N) is 1. The van der Waals surface area contributed by atoms with Crippen LogP contribution in [0.15, 0.2) is 40.0 Å². The number of rotatable bonds is 2. The number of allylic oxidation sites excluding steroid dienone is 2. The van der Waals surface area contributed by atoms with Gasteiger partial charge in [-0.25, -0.2) is 29.0 Å². The third kappa shape index (κ3) is 2.94. The average molecular weight is 377 g/mol. The standard InChI is InChI=1S/C20H20FN7/c1-10-23-16(6-7-19(24-10)28-12(3)22-11(2)27-28)14-9-15(14)20-25-17-5-4-13(21)8-18(17)26-20/h4-6,8,14-15H,7,9H2,1-3H3,(H,25,26)/t14-,15-/m1/s1. The summed E-state index contributed by atoms with van der Waals surface area (Å²) in [5.41, 5.74) is 2.56. The number of aryl methyl sites for hydroxylation is 2. The van der Waals surface area contributed by atoms with Crippen LogP contribution in [-0.2, 0) is 0 Å². The van der Waals surface area contributed by atoms with Gasteiger partial charge in [0.25, 0.3) is 0 Å². The Morgan fingerprint density at radius 2 is 1.96 bits per heavy atom. The molecule has 0 saturated heterocycles. The third-order valence-electron chi connectivity index (χ3n) is 5.18. The number of amidine groups is 1. The molecule has 1 fully saturated rings. The maximum absolute atomic E-state index is 13.4. The Bertz CT molecular complexity index is 1180. The summed E-state index contributed by atoms with van der Waals surface area (Å²) in [7, 11) is 0. The lowest BCUT2D eigenvalue weighted by Crippen LogP contribution is -2.15. The van der Waals surface area contributed by atoms with Crippen molar-refractivity contribution in [2.45, 2.75) is 39.5 Å². The van der Waals surface area contributed by atoms with Gasteiger partial charge < -0.3 is 4.98 Å². The molecule has 0 radical (unpaired) electrons. The van der Waals surface area contributed by atoms with E-state index in [1.165, 1.54) is 12.1 Å². The number of hydrogen-bond donors (Lipinski definition) is 1. The Hall–Kier alpha value is -3.16. The zero-order chi connectivity index (χ0) is 19.4. The quantitative estimate of drug-likeness (QED) is 0.739. The van der Waals surface area contributed by atoms with E-state index in [1.54, 1.807) is 10.7 Å². The van der Waals surface area contributed by atoms with Crippen LogP contribution in [-0.4, -0.2) is 36.4 Å². The molecule has 8 heteroatoms. The number of aliphatic imine (C=N–C) groups is 2. The first-order chi connectivity index (χ1) is 13.5. The summed E-state index contributed by atoms with van der Waals surface area (Å²) in [6.07, 6.45) is 3.74. The van der Waals surface area contributed by atoms with E-state index in [0.29, 0.717) is 18.2 Å². The highest BCUT2D eigenvalue weighted by atomic mass is 19.1. The van der Waals surface area contributed by atoms with Gasteiger partial charge >= 0.3 is 0 Å². The first-order valence-corrected chi connectivity index (χ1v) is 9.36. The normalized spacial score (nSPS) is 21.9. The molecule has 5 rings (SSSR count). The molecule has 1 N–H and O–H groups in total. The molecule has 7 nitrogen and oxygen atoms in total. The van der Waals surface area contributed by atoms with Gasteiger partial charge in [-0.1, -0.05) is 6.08 Å². The van der Waals surface area contributed by atoms with Crippen molar-refractivity contribution >= 4 is 22.7 Å². The van der Waals surface area contributed by atoms with Crippen molar-refractivity contribution in [3.05, 3.63) is 53.3 Å². The number of hydrogen-bond acceptors (Lipinski definition) is 5. The second kappa shape index (κ2) is 6.19. The molecule has 2 atom stereocenters. The van der Waals surface area contributed by atoms with Gasteiger partial charge in [0.2, 0.25) is 0 Å². The summed E-state index contributed by atoms with van der Waals surface area (Å²) >= 11 is 0. The van der Waals surface area contributed by atoms with E-state index in [1.807, 2.05) is 20.8 Å². The van der Waals surface area contributed by atoms with Crippen LogP contribution in [0.2, 0.25) is 0 Å². The Labute approximate surface area is 161 Å². The van der Waals surface area contributed by atoms with E-state index in [-0.39, 0.29) is 11.7 Å². The summed E-state index contributed by atoms with van der Waals surface area (Å²) < 4.78 is 15.2. The Kier molecular flexibility index (Phi) is 3.75. The van der Waals surface area contributed by atoms with Gasteiger partial charge in [0.15, 0.2) is 0 Å². The van der Waals surface area contributed by atoms with Crippen molar-refractivity contribution in [2.75, 3.05) is 0 Å². The maximum Gasteiger partial charge on any atom is 0.148 e. The van der Waals surface area contributed by atoms with E-state index in [2.05, 4.69) is 31.1 Å². The fraction of sp³-hybridized carbons (Fsp3) is 0.350. The zero-order valence-electron chi connectivity index (χ0n) is 15.9. The lowest BCUT2D eigenvalue weighted by atomic mass is 10.2. The van der Waals surface area contributed by atoms with E-state index in [4.69, 9.17) is 4.99 Å². The van der Waals surface area contributed by atoms with E-state index < -0.39 is 0 Å². The molecule has 0 amide bonds. The smallest absolute Gasteiger partial charge is 0.148 e. The SMILES string of the molecule is CC1=NC([C@@H]2C[C@H]2c2nc3ccc(F)cc3[nH]2)=CCC(n2nc(C)nc2C)=N1. The van der Waals surface area contributed by atoms with Gasteiger partial charge in [0.1, 0.15) is 35.0 Å². The van der Waals surface area contributed by atoms with Crippen LogP contribution in [0.3, 0.4) is 0 Å². The van der Waals surface area contributed by atoms with Crippen LogP contribution >= 0.6 is 0 Å². The second-order valence-electron chi connectivity index (χ2n) is 7.37. The number of halogens is 1. The first kappa shape index (κ1) is 17.0. The third-order valence-corrected chi connectivity index (χ3v) is 5.18. The minimum atomic E-state index is -0.259. The summed E-state index contributed by atoms with van der Waals surface area (Å²) in [6, 6.07) is 4.63. The molecule has 1 aliphatic heterocycles. The lowest BCUT2D eigenvalue weighted by molar-refractivity contribution is 0.629. The molecule has 0 unspecified atom stereocenters. The number of aromatic nitrogens is 5. The van der Waals surface area contributed by atoms with Gasteiger partial charge in [-0.2, -0.15) is 5.10 Å². The molecule has 2 aromatic heterocycles. The van der Waals surface area contributed by atoms with E-state index in [0.717, 1.165) is 46.5 Å². The number of H-pyrrole nitrogens is 1. The van der Waals surface area contributed by atoms with E-state index >= 15 is 0 Å². The van der Waals surface area contributed by atoms with Crippen molar-refractivity contribution in [3.8, 4) is 0 Å². The number of benzene rings is 1. The van der Waals surface area contributed by atoms with E-state index in [9.17, 15) is 4.39 Å². The topological polar surface area (TPSA) is 84.1 Å². The molecule has 1 aromatic carbocycles.